The maximum absolute atomic E-state index is 6.11. The van der Waals surface area contributed by atoms with Crippen molar-refractivity contribution in [2.24, 2.45) is 0 Å². The van der Waals surface area contributed by atoms with Crippen LogP contribution in [0.25, 0.3) is 49.5 Å². The first kappa shape index (κ1) is 17.7. The molecule has 3 nitrogen and oxygen atoms in total. The van der Waals surface area contributed by atoms with E-state index in [4.69, 9.17) is 10.7 Å². The lowest BCUT2D eigenvalue weighted by Crippen LogP contribution is -1.95. The Hall–Kier alpha value is -4.11. The molecule has 2 aromatic heterocycles. The maximum atomic E-state index is 6.11. The number of aromatic nitrogens is 2. The molecule has 0 radical (unpaired) electrons. The number of rotatable bonds is 2. The summed E-state index contributed by atoms with van der Waals surface area (Å²) >= 11 is 0. The molecular weight excluding hydrogens is 378 g/mol. The van der Waals surface area contributed by atoms with Gasteiger partial charge in [-0.3, -0.25) is 4.98 Å². The number of nitrogens with zero attached hydrogens (tertiary/aromatic N) is 2. The van der Waals surface area contributed by atoms with E-state index in [1.165, 1.54) is 21.8 Å². The Balaban J connectivity index is 1.51. The fraction of sp³-hybridized carbons (Fsp3) is 0.0357. The van der Waals surface area contributed by atoms with Crippen molar-refractivity contribution in [1.82, 2.24) is 9.55 Å². The van der Waals surface area contributed by atoms with Gasteiger partial charge in [-0.05, 0) is 48.9 Å². The molecule has 2 N–H and O–H groups in total. The van der Waals surface area contributed by atoms with Crippen LogP contribution in [0.15, 0.2) is 97.1 Å². The van der Waals surface area contributed by atoms with Crippen LogP contribution in [0.4, 0.5) is 5.69 Å². The highest BCUT2D eigenvalue weighted by Crippen LogP contribution is 2.33. The third-order valence-electron chi connectivity index (χ3n) is 6.08. The number of benzene rings is 4. The van der Waals surface area contributed by atoms with Crippen LogP contribution >= 0.6 is 0 Å². The SMILES string of the molecule is Cc1nc2c(N)cccc2cc1-c1ccc(-n2c3ccccc3c3ccccc32)cc1. The Morgan fingerprint density at radius 1 is 0.710 bits per heavy atom. The molecule has 0 saturated carbocycles. The van der Waals surface area contributed by atoms with Gasteiger partial charge in [0.15, 0.2) is 0 Å². The lowest BCUT2D eigenvalue weighted by atomic mass is 10.0. The van der Waals surface area contributed by atoms with Gasteiger partial charge in [-0.1, -0.05) is 60.7 Å². The van der Waals surface area contributed by atoms with Gasteiger partial charge >= 0.3 is 0 Å². The van der Waals surface area contributed by atoms with E-state index in [9.17, 15) is 0 Å². The summed E-state index contributed by atoms with van der Waals surface area (Å²) in [6.07, 6.45) is 0. The van der Waals surface area contributed by atoms with Crippen LogP contribution in [0.5, 0.6) is 0 Å². The molecular formula is C28H21N3. The summed E-state index contributed by atoms with van der Waals surface area (Å²) in [5, 5.41) is 3.61. The van der Waals surface area contributed by atoms with Crippen LogP contribution in [-0.4, -0.2) is 9.55 Å². The molecule has 0 aliphatic heterocycles. The van der Waals surface area contributed by atoms with Crippen molar-refractivity contribution in [3.05, 3.63) is 103 Å². The zero-order valence-corrected chi connectivity index (χ0v) is 17.2. The molecule has 6 rings (SSSR count). The second kappa shape index (κ2) is 6.71. The summed E-state index contributed by atoms with van der Waals surface area (Å²) in [4.78, 5) is 4.78. The minimum Gasteiger partial charge on any atom is -0.397 e. The molecule has 6 aromatic rings. The van der Waals surface area contributed by atoms with E-state index in [-0.39, 0.29) is 0 Å². The van der Waals surface area contributed by atoms with Crippen LogP contribution in [0, 0.1) is 6.92 Å². The molecule has 148 valence electrons. The zero-order chi connectivity index (χ0) is 20.9. The van der Waals surface area contributed by atoms with Gasteiger partial charge in [0.05, 0.1) is 22.2 Å². The largest absolute Gasteiger partial charge is 0.397 e. The van der Waals surface area contributed by atoms with Gasteiger partial charge in [0.1, 0.15) is 0 Å². The summed E-state index contributed by atoms with van der Waals surface area (Å²) in [7, 11) is 0. The third-order valence-corrected chi connectivity index (χ3v) is 6.08. The van der Waals surface area contributed by atoms with Gasteiger partial charge in [0.25, 0.3) is 0 Å². The van der Waals surface area contributed by atoms with Crippen molar-refractivity contribution in [2.75, 3.05) is 5.73 Å². The van der Waals surface area contributed by atoms with E-state index in [0.717, 1.165) is 33.4 Å². The number of aryl methyl sites for hydroxylation is 1. The molecule has 4 aromatic carbocycles. The van der Waals surface area contributed by atoms with E-state index in [1.807, 2.05) is 19.1 Å². The van der Waals surface area contributed by atoms with E-state index < -0.39 is 0 Å². The molecule has 0 aliphatic rings. The first-order valence-corrected chi connectivity index (χ1v) is 10.5. The number of nitrogen functional groups attached to an aromatic ring is 1. The van der Waals surface area contributed by atoms with E-state index in [0.29, 0.717) is 5.69 Å². The standard InChI is InChI=1S/C28H21N3/c1-18-24(17-20-7-6-10-25(29)28(20)30-18)19-13-15-21(16-14-19)31-26-11-4-2-8-22(26)23-9-3-5-12-27(23)31/h2-17H,29H2,1H3. The average molecular weight is 399 g/mol. The van der Waals surface area contributed by atoms with Crippen molar-refractivity contribution in [3.63, 3.8) is 0 Å². The summed E-state index contributed by atoms with van der Waals surface area (Å²) < 4.78 is 2.33. The fourth-order valence-corrected chi connectivity index (χ4v) is 4.60. The second-order valence-electron chi connectivity index (χ2n) is 7.96. The Morgan fingerprint density at radius 2 is 1.35 bits per heavy atom. The van der Waals surface area contributed by atoms with Gasteiger partial charge in [0, 0.05) is 33.1 Å². The van der Waals surface area contributed by atoms with Crippen molar-refractivity contribution in [3.8, 4) is 16.8 Å². The van der Waals surface area contributed by atoms with Crippen LogP contribution in [0.1, 0.15) is 5.69 Å². The number of para-hydroxylation sites is 3. The first-order chi connectivity index (χ1) is 15.2. The first-order valence-electron chi connectivity index (χ1n) is 10.5. The molecule has 0 saturated heterocycles. The molecule has 0 amide bonds. The Kier molecular flexibility index (Phi) is 3.84. The molecule has 0 atom stereocenters. The third kappa shape index (κ3) is 2.71. The van der Waals surface area contributed by atoms with Crippen molar-refractivity contribution >= 4 is 38.4 Å². The number of pyridine rings is 1. The van der Waals surface area contributed by atoms with Crippen LogP contribution < -0.4 is 5.73 Å². The van der Waals surface area contributed by atoms with E-state index in [2.05, 4.69) is 89.5 Å². The molecule has 0 aliphatic carbocycles. The number of hydrogen-bond acceptors (Lipinski definition) is 2. The van der Waals surface area contributed by atoms with Gasteiger partial charge in [-0.15, -0.1) is 0 Å². The van der Waals surface area contributed by atoms with Gasteiger partial charge in [-0.25, -0.2) is 0 Å². The fourth-order valence-electron chi connectivity index (χ4n) is 4.60. The van der Waals surface area contributed by atoms with Gasteiger partial charge < -0.3 is 10.3 Å². The van der Waals surface area contributed by atoms with Crippen molar-refractivity contribution in [2.45, 2.75) is 6.92 Å². The van der Waals surface area contributed by atoms with Crippen LogP contribution in [0.3, 0.4) is 0 Å². The minimum absolute atomic E-state index is 0.717. The molecule has 0 spiro atoms. The highest BCUT2D eigenvalue weighted by atomic mass is 15.0. The minimum atomic E-state index is 0.717. The predicted molar refractivity (Wildman–Crippen MR) is 131 cm³/mol. The van der Waals surface area contributed by atoms with E-state index >= 15 is 0 Å². The molecule has 0 unspecified atom stereocenters. The van der Waals surface area contributed by atoms with Gasteiger partial charge in [0.2, 0.25) is 0 Å². The molecule has 3 heteroatoms. The average Bonchev–Trinajstić information content (AvgIpc) is 3.14. The lowest BCUT2D eigenvalue weighted by molar-refractivity contribution is 1.18. The number of nitrogens with two attached hydrogens (primary N) is 1. The number of hydrogen-bond donors (Lipinski definition) is 1. The predicted octanol–water partition coefficient (Wildman–Crippen LogP) is 6.89. The number of fused-ring (bicyclic) bond motifs is 4. The topological polar surface area (TPSA) is 43.8 Å². The maximum Gasteiger partial charge on any atom is 0.0934 e. The Morgan fingerprint density at radius 3 is 2.03 bits per heavy atom. The van der Waals surface area contributed by atoms with Crippen molar-refractivity contribution in [1.29, 1.82) is 0 Å². The molecule has 31 heavy (non-hydrogen) atoms. The summed E-state index contributed by atoms with van der Waals surface area (Å²) in [5.74, 6) is 0. The van der Waals surface area contributed by atoms with E-state index in [1.54, 1.807) is 0 Å². The molecule has 0 fully saturated rings. The van der Waals surface area contributed by atoms with Crippen molar-refractivity contribution < 1.29 is 0 Å². The molecule has 2 heterocycles. The summed E-state index contributed by atoms with van der Waals surface area (Å²) in [6, 6.07) is 34.0. The Bertz CT molecular complexity index is 1540. The van der Waals surface area contributed by atoms with Crippen LogP contribution in [0.2, 0.25) is 0 Å². The summed E-state index contributed by atoms with van der Waals surface area (Å²) in [5.41, 5.74) is 14.5. The quantitative estimate of drug-likeness (QED) is 0.322. The Labute approximate surface area is 180 Å². The highest BCUT2D eigenvalue weighted by molar-refractivity contribution is 6.09. The normalized spacial score (nSPS) is 11.5. The lowest BCUT2D eigenvalue weighted by Gasteiger charge is -2.12. The molecule has 0 bridgehead atoms. The zero-order valence-electron chi connectivity index (χ0n) is 17.2. The second-order valence-corrected chi connectivity index (χ2v) is 7.96. The van der Waals surface area contributed by atoms with Gasteiger partial charge in [-0.2, -0.15) is 0 Å². The smallest absolute Gasteiger partial charge is 0.0934 e. The monoisotopic (exact) mass is 399 g/mol. The van der Waals surface area contributed by atoms with Crippen LogP contribution in [-0.2, 0) is 0 Å². The summed E-state index contributed by atoms with van der Waals surface area (Å²) in [6.45, 7) is 2.04. The number of anilines is 1. The highest BCUT2D eigenvalue weighted by Gasteiger charge is 2.12.